The predicted molar refractivity (Wildman–Crippen MR) is 173 cm³/mol. The molecule has 6 rings (SSSR count). The molecule has 0 saturated carbocycles. The number of thioether (sulfide) groups is 2. The molecule has 0 unspecified atom stereocenters. The number of amides is 1. The van der Waals surface area contributed by atoms with Crippen molar-refractivity contribution in [1.82, 2.24) is 19.4 Å². The van der Waals surface area contributed by atoms with E-state index in [0.29, 0.717) is 45.7 Å². The minimum atomic E-state index is -0.370. The van der Waals surface area contributed by atoms with Crippen LogP contribution in [0.4, 0.5) is 4.39 Å². The Morgan fingerprint density at radius 3 is 2.05 bits per heavy atom. The summed E-state index contributed by atoms with van der Waals surface area (Å²) in [6.07, 6.45) is 0. The van der Waals surface area contributed by atoms with Crippen LogP contribution in [0, 0.1) is 5.82 Å². The van der Waals surface area contributed by atoms with Gasteiger partial charge in [-0.15, -0.1) is 11.8 Å². The van der Waals surface area contributed by atoms with E-state index < -0.39 is 0 Å². The summed E-state index contributed by atoms with van der Waals surface area (Å²) < 4.78 is 15.1. The zero-order valence-corrected chi connectivity index (χ0v) is 25.1. The first kappa shape index (κ1) is 29.2. The third-order valence-corrected chi connectivity index (χ3v) is 9.71. The summed E-state index contributed by atoms with van der Waals surface area (Å²) >= 11 is 2.92. The van der Waals surface area contributed by atoms with Crippen LogP contribution in [-0.2, 0) is 4.79 Å². The number of fused-ring (bicyclic) bond motifs is 1. The first-order valence-corrected chi connectivity index (χ1v) is 16.3. The van der Waals surface area contributed by atoms with Crippen molar-refractivity contribution in [1.29, 1.82) is 0 Å². The van der Waals surface area contributed by atoms with E-state index in [0.717, 1.165) is 13.1 Å². The van der Waals surface area contributed by atoms with Crippen LogP contribution in [0.25, 0.3) is 16.6 Å². The third kappa shape index (κ3) is 6.69. The smallest absolute Gasteiger partial charge is 0.266 e. The monoisotopic (exact) mass is 610 g/mol. The van der Waals surface area contributed by atoms with Crippen molar-refractivity contribution in [3.63, 3.8) is 0 Å². The molecule has 218 valence electrons. The highest BCUT2D eigenvalue weighted by atomic mass is 32.2. The van der Waals surface area contributed by atoms with Gasteiger partial charge in [-0.05, 0) is 47.5 Å². The Kier molecular flexibility index (Phi) is 9.21. The highest BCUT2D eigenvalue weighted by Crippen LogP contribution is 2.30. The standard InChI is InChI=1S/C34H31FN4O2S2/c35-27-15-17-28(18-16-27)39-33(41)29-13-7-8-14-30(29)36-34(39)43-24-42-23-31(40)37-19-21-38(22-20-37)32(25-9-3-1-4-10-25)26-11-5-2-6-12-26/h1-18,32H,19-24H2. The van der Waals surface area contributed by atoms with E-state index in [1.54, 1.807) is 24.3 Å². The fraction of sp³-hybridized carbons (Fsp3) is 0.206. The Labute approximate surface area is 258 Å². The molecule has 1 aliphatic rings. The molecule has 0 radical (unpaired) electrons. The summed E-state index contributed by atoms with van der Waals surface area (Å²) in [6, 6.07) is 34.2. The molecule has 0 aliphatic carbocycles. The van der Waals surface area contributed by atoms with Gasteiger partial charge in [-0.1, -0.05) is 84.6 Å². The van der Waals surface area contributed by atoms with Crippen LogP contribution in [0.3, 0.4) is 0 Å². The fourth-order valence-corrected chi connectivity index (χ4v) is 7.38. The van der Waals surface area contributed by atoms with Gasteiger partial charge in [0.05, 0.1) is 28.4 Å². The molecule has 1 saturated heterocycles. The zero-order chi connectivity index (χ0) is 29.6. The van der Waals surface area contributed by atoms with Gasteiger partial charge in [0.15, 0.2) is 5.16 Å². The Morgan fingerprint density at radius 2 is 1.40 bits per heavy atom. The minimum Gasteiger partial charge on any atom is -0.339 e. The topological polar surface area (TPSA) is 58.4 Å². The predicted octanol–water partition coefficient (Wildman–Crippen LogP) is 6.24. The molecule has 0 bridgehead atoms. The van der Waals surface area contributed by atoms with Crippen molar-refractivity contribution in [2.24, 2.45) is 0 Å². The lowest BCUT2D eigenvalue weighted by Gasteiger charge is -2.39. The van der Waals surface area contributed by atoms with Crippen molar-refractivity contribution in [2.45, 2.75) is 11.2 Å². The molecule has 6 nitrogen and oxygen atoms in total. The Morgan fingerprint density at radius 1 is 0.791 bits per heavy atom. The molecule has 5 aromatic rings. The van der Waals surface area contributed by atoms with Crippen molar-refractivity contribution >= 4 is 40.3 Å². The molecule has 0 N–H and O–H groups in total. The van der Waals surface area contributed by atoms with Gasteiger partial charge >= 0.3 is 0 Å². The van der Waals surface area contributed by atoms with E-state index in [4.69, 9.17) is 4.98 Å². The number of carbonyl (C=O) groups is 1. The van der Waals surface area contributed by atoms with E-state index in [1.807, 2.05) is 29.2 Å². The summed E-state index contributed by atoms with van der Waals surface area (Å²) in [7, 11) is 0. The molecular formula is C34H31FN4O2S2. The summed E-state index contributed by atoms with van der Waals surface area (Å²) in [5, 5.41) is 1.55. The number of hydrogen-bond donors (Lipinski definition) is 0. The number of benzene rings is 4. The SMILES string of the molecule is O=C(CSCSc1nc2ccccc2c(=O)n1-c1ccc(F)cc1)N1CCN(C(c2ccccc2)c2ccccc2)CC1. The van der Waals surface area contributed by atoms with Crippen LogP contribution in [0.1, 0.15) is 17.2 Å². The molecule has 1 aliphatic heterocycles. The number of para-hydroxylation sites is 1. The maximum Gasteiger partial charge on any atom is 0.266 e. The molecule has 0 spiro atoms. The Bertz CT molecular complexity index is 1700. The second-order valence-corrected chi connectivity index (χ2v) is 12.6. The van der Waals surface area contributed by atoms with Gasteiger partial charge in [-0.25, -0.2) is 9.37 Å². The van der Waals surface area contributed by atoms with Gasteiger partial charge in [0.2, 0.25) is 5.91 Å². The normalized spacial score (nSPS) is 14.0. The average molecular weight is 611 g/mol. The molecule has 9 heteroatoms. The summed E-state index contributed by atoms with van der Waals surface area (Å²) in [5.41, 5.74) is 3.46. The molecule has 1 amide bonds. The lowest BCUT2D eigenvalue weighted by molar-refractivity contribution is -0.130. The van der Waals surface area contributed by atoms with Crippen LogP contribution >= 0.6 is 23.5 Å². The molecule has 2 heterocycles. The van der Waals surface area contributed by atoms with Crippen molar-refractivity contribution in [3.05, 3.63) is 136 Å². The van der Waals surface area contributed by atoms with Crippen molar-refractivity contribution in [2.75, 3.05) is 37.0 Å². The maximum absolute atomic E-state index is 13.6. The van der Waals surface area contributed by atoms with Gasteiger partial charge in [-0.3, -0.25) is 19.1 Å². The quantitative estimate of drug-likeness (QED) is 0.0853. The first-order valence-electron chi connectivity index (χ1n) is 14.2. The van der Waals surface area contributed by atoms with Gasteiger partial charge in [-0.2, -0.15) is 0 Å². The number of piperazine rings is 1. The van der Waals surface area contributed by atoms with Crippen molar-refractivity contribution < 1.29 is 9.18 Å². The number of aromatic nitrogens is 2. The molecule has 1 fully saturated rings. The molecule has 4 aromatic carbocycles. The molecular weight excluding hydrogens is 580 g/mol. The molecule has 43 heavy (non-hydrogen) atoms. The van der Waals surface area contributed by atoms with Crippen LogP contribution in [0.15, 0.2) is 119 Å². The third-order valence-electron chi connectivity index (χ3n) is 7.59. The van der Waals surface area contributed by atoms with E-state index in [2.05, 4.69) is 53.4 Å². The molecule has 1 aromatic heterocycles. The van der Waals surface area contributed by atoms with E-state index in [-0.39, 0.29) is 23.3 Å². The number of nitrogens with zero attached hydrogens (tertiary/aromatic N) is 4. The van der Waals surface area contributed by atoms with Gasteiger partial charge in [0, 0.05) is 31.3 Å². The second kappa shape index (κ2) is 13.6. The fourth-order valence-electron chi connectivity index (χ4n) is 5.46. The average Bonchev–Trinajstić information content (AvgIpc) is 3.05. The van der Waals surface area contributed by atoms with Gasteiger partial charge < -0.3 is 4.90 Å². The van der Waals surface area contributed by atoms with Crippen LogP contribution in [0.2, 0.25) is 0 Å². The first-order chi connectivity index (χ1) is 21.1. The zero-order valence-electron chi connectivity index (χ0n) is 23.5. The Hall–Kier alpha value is -3.92. The van der Waals surface area contributed by atoms with Gasteiger partial charge in [0.1, 0.15) is 5.82 Å². The number of carbonyl (C=O) groups excluding carboxylic acids is 1. The van der Waals surface area contributed by atoms with E-state index >= 15 is 0 Å². The Balaban J connectivity index is 1.08. The van der Waals surface area contributed by atoms with Gasteiger partial charge in [0.25, 0.3) is 5.56 Å². The lowest BCUT2D eigenvalue weighted by atomic mass is 9.96. The number of halogens is 1. The van der Waals surface area contributed by atoms with Crippen LogP contribution in [-0.4, -0.2) is 62.3 Å². The molecule has 0 atom stereocenters. The van der Waals surface area contributed by atoms with E-state index in [9.17, 15) is 14.0 Å². The van der Waals surface area contributed by atoms with Crippen molar-refractivity contribution in [3.8, 4) is 5.69 Å². The number of rotatable bonds is 9. The summed E-state index contributed by atoms with van der Waals surface area (Å²) in [6.45, 7) is 2.95. The highest BCUT2D eigenvalue weighted by molar-refractivity contribution is 8.16. The highest BCUT2D eigenvalue weighted by Gasteiger charge is 2.28. The lowest BCUT2D eigenvalue weighted by Crippen LogP contribution is -2.50. The number of hydrogen-bond acceptors (Lipinski definition) is 6. The van der Waals surface area contributed by atoms with E-state index in [1.165, 1.54) is 51.4 Å². The minimum absolute atomic E-state index is 0.114. The summed E-state index contributed by atoms with van der Waals surface area (Å²) in [5.74, 6) is 0.0937. The van der Waals surface area contributed by atoms with Crippen LogP contribution < -0.4 is 5.56 Å². The second-order valence-electron chi connectivity index (χ2n) is 10.3. The maximum atomic E-state index is 13.6. The van der Waals surface area contributed by atoms with Crippen LogP contribution in [0.5, 0.6) is 0 Å². The summed E-state index contributed by atoms with van der Waals surface area (Å²) in [4.78, 5) is 35.7. The largest absolute Gasteiger partial charge is 0.339 e.